The van der Waals surface area contributed by atoms with Gasteiger partial charge in [0.25, 0.3) is 5.91 Å². The number of fused-ring (bicyclic) bond motifs is 1. The minimum Gasteiger partial charge on any atom is -0.471 e. The number of carbonyl (C=O) groups excluding carboxylic acids is 2. The first-order valence-electron chi connectivity index (χ1n) is 10.5. The molecule has 32 heavy (non-hydrogen) atoms. The fourth-order valence-corrected chi connectivity index (χ4v) is 4.30. The Balaban J connectivity index is 1.22. The van der Waals surface area contributed by atoms with Gasteiger partial charge in [0.15, 0.2) is 0 Å². The number of halogens is 3. The smallest absolute Gasteiger partial charge is 0.416 e. The number of aromatic nitrogens is 2. The molecule has 5 rings (SSSR count). The topological polar surface area (TPSA) is 75.6 Å². The molecule has 0 N–H and O–H groups in total. The molecule has 2 atom stereocenters. The lowest BCUT2D eigenvalue weighted by Gasteiger charge is -2.36. The summed E-state index contributed by atoms with van der Waals surface area (Å²) in [4.78, 5) is 37.2. The van der Waals surface area contributed by atoms with E-state index < -0.39 is 17.6 Å². The molecule has 0 radical (unpaired) electrons. The first-order valence-corrected chi connectivity index (χ1v) is 10.5. The molecule has 1 saturated carbocycles. The third kappa shape index (κ3) is 4.13. The summed E-state index contributed by atoms with van der Waals surface area (Å²) in [5.41, 5.74) is 0.267. The molecule has 0 unspecified atom stereocenters. The van der Waals surface area contributed by atoms with Crippen LogP contribution < -0.4 is 4.74 Å². The van der Waals surface area contributed by atoms with Crippen molar-refractivity contribution < 1.29 is 27.5 Å². The van der Waals surface area contributed by atoms with Crippen LogP contribution in [-0.2, 0) is 11.0 Å². The molecule has 1 aromatic carbocycles. The number of ether oxygens (including phenoxy) is 1. The Morgan fingerprint density at radius 2 is 1.81 bits per heavy atom. The second-order valence-electron chi connectivity index (χ2n) is 8.49. The second kappa shape index (κ2) is 7.75. The molecular weight excluding hydrogens is 425 g/mol. The highest BCUT2D eigenvalue weighted by Crippen LogP contribution is 2.38. The minimum absolute atomic E-state index is 0.112. The number of hydrogen-bond acceptors (Lipinski definition) is 5. The van der Waals surface area contributed by atoms with E-state index in [1.807, 2.05) is 0 Å². The van der Waals surface area contributed by atoms with Gasteiger partial charge in [0.2, 0.25) is 11.8 Å². The molecule has 2 amide bonds. The first-order chi connectivity index (χ1) is 15.3. The third-order valence-electron chi connectivity index (χ3n) is 6.13. The molecule has 2 aromatic rings. The Morgan fingerprint density at radius 1 is 1.06 bits per heavy atom. The van der Waals surface area contributed by atoms with Gasteiger partial charge in [-0.15, -0.1) is 0 Å². The van der Waals surface area contributed by atoms with Gasteiger partial charge < -0.3 is 14.5 Å². The third-order valence-corrected chi connectivity index (χ3v) is 6.13. The van der Waals surface area contributed by atoms with E-state index in [0.29, 0.717) is 31.3 Å². The van der Waals surface area contributed by atoms with Crippen molar-refractivity contribution in [1.29, 1.82) is 0 Å². The number of amides is 2. The predicted octanol–water partition coefficient (Wildman–Crippen LogP) is 2.88. The summed E-state index contributed by atoms with van der Waals surface area (Å²) in [6.45, 7) is 0.592. The van der Waals surface area contributed by atoms with Crippen molar-refractivity contribution in [3.63, 3.8) is 0 Å². The lowest BCUT2D eigenvalue weighted by Crippen LogP contribution is -2.55. The Hall–Kier alpha value is -3.17. The second-order valence-corrected chi connectivity index (χ2v) is 8.49. The zero-order chi connectivity index (χ0) is 22.5. The van der Waals surface area contributed by atoms with Gasteiger partial charge in [0.05, 0.1) is 36.2 Å². The van der Waals surface area contributed by atoms with Gasteiger partial charge in [-0.05, 0) is 37.1 Å². The summed E-state index contributed by atoms with van der Waals surface area (Å²) in [6, 6.07) is 3.83. The molecule has 0 bridgehead atoms. The van der Waals surface area contributed by atoms with Crippen molar-refractivity contribution in [1.82, 2.24) is 19.8 Å². The van der Waals surface area contributed by atoms with Crippen molar-refractivity contribution in [2.45, 2.75) is 43.5 Å². The maximum atomic E-state index is 12.8. The average molecular weight is 446 g/mol. The van der Waals surface area contributed by atoms with Gasteiger partial charge in [0, 0.05) is 24.4 Å². The fourth-order valence-electron chi connectivity index (χ4n) is 4.30. The van der Waals surface area contributed by atoms with Crippen molar-refractivity contribution >= 4 is 11.8 Å². The molecule has 3 aliphatic rings. The molecule has 1 aliphatic carbocycles. The highest BCUT2D eigenvalue weighted by molar-refractivity contribution is 5.97. The number of carbonyl (C=O) groups is 2. The monoisotopic (exact) mass is 446 g/mol. The van der Waals surface area contributed by atoms with Crippen molar-refractivity contribution in [2.24, 2.45) is 0 Å². The molecule has 0 spiro atoms. The van der Waals surface area contributed by atoms with Gasteiger partial charge in [-0.2, -0.15) is 13.2 Å². The Kier molecular flexibility index (Phi) is 5.02. The number of nitrogens with zero attached hydrogens (tertiary/aromatic N) is 4. The molecule has 2 saturated heterocycles. The SMILES string of the molecule is O=C(c1ccc(C(F)(F)F)cc1)N1CC(=O)N2C[C@H](Oc3cnc(C4CC4)cn3)C[C@H]2C1. The van der Waals surface area contributed by atoms with Crippen molar-refractivity contribution in [2.75, 3.05) is 19.6 Å². The molecule has 3 heterocycles. The lowest BCUT2D eigenvalue weighted by atomic mass is 10.1. The van der Waals surface area contributed by atoms with Crippen LogP contribution in [0.1, 0.15) is 46.8 Å². The van der Waals surface area contributed by atoms with Crippen LogP contribution in [0.3, 0.4) is 0 Å². The van der Waals surface area contributed by atoms with E-state index in [1.54, 1.807) is 17.3 Å². The fraction of sp³-hybridized carbons (Fsp3) is 0.455. The Labute approximate surface area is 182 Å². The lowest BCUT2D eigenvalue weighted by molar-refractivity contribution is -0.137. The van der Waals surface area contributed by atoms with Crippen LogP contribution in [0.2, 0.25) is 0 Å². The minimum atomic E-state index is -4.47. The summed E-state index contributed by atoms with van der Waals surface area (Å²) in [5, 5.41) is 0. The number of benzene rings is 1. The molecule has 1 aromatic heterocycles. The molecule has 7 nitrogen and oxygen atoms in total. The molecule has 168 valence electrons. The zero-order valence-corrected chi connectivity index (χ0v) is 17.1. The van der Waals surface area contributed by atoms with E-state index in [-0.39, 0.29) is 30.2 Å². The molecule has 10 heteroatoms. The van der Waals surface area contributed by atoms with E-state index in [0.717, 1.165) is 42.8 Å². The van der Waals surface area contributed by atoms with Crippen LogP contribution in [-0.4, -0.2) is 63.4 Å². The quantitative estimate of drug-likeness (QED) is 0.722. The van der Waals surface area contributed by atoms with E-state index in [2.05, 4.69) is 9.97 Å². The van der Waals surface area contributed by atoms with E-state index in [1.165, 1.54) is 4.90 Å². The molecule has 3 fully saturated rings. The first kappa shape index (κ1) is 20.7. The molecule has 2 aliphatic heterocycles. The maximum Gasteiger partial charge on any atom is 0.416 e. The van der Waals surface area contributed by atoms with Gasteiger partial charge in [-0.3, -0.25) is 14.6 Å². The van der Waals surface area contributed by atoms with E-state index in [4.69, 9.17) is 4.74 Å². The average Bonchev–Trinajstić information content (AvgIpc) is 3.53. The predicted molar refractivity (Wildman–Crippen MR) is 106 cm³/mol. The number of alkyl halides is 3. The van der Waals surface area contributed by atoms with Crippen LogP contribution in [0.15, 0.2) is 36.7 Å². The van der Waals surface area contributed by atoms with Crippen molar-refractivity contribution in [3.8, 4) is 5.88 Å². The van der Waals surface area contributed by atoms with Crippen LogP contribution >= 0.6 is 0 Å². The van der Waals surface area contributed by atoms with Gasteiger partial charge in [0.1, 0.15) is 12.6 Å². The highest BCUT2D eigenvalue weighted by atomic mass is 19.4. The number of hydrogen-bond donors (Lipinski definition) is 0. The van der Waals surface area contributed by atoms with Crippen molar-refractivity contribution in [3.05, 3.63) is 53.5 Å². The highest BCUT2D eigenvalue weighted by Gasteiger charge is 2.42. The maximum absolute atomic E-state index is 12.8. The van der Waals surface area contributed by atoms with Crippen LogP contribution in [0, 0.1) is 0 Å². The zero-order valence-electron chi connectivity index (χ0n) is 17.1. The summed E-state index contributed by atoms with van der Waals surface area (Å²) in [6.07, 6.45) is 1.42. The van der Waals surface area contributed by atoms with Crippen LogP contribution in [0.4, 0.5) is 13.2 Å². The Bertz CT molecular complexity index is 1020. The van der Waals surface area contributed by atoms with Crippen LogP contribution in [0.25, 0.3) is 0 Å². The van der Waals surface area contributed by atoms with E-state index >= 15 is 0 Å². The molecular formula is C22H21F3N4O3. The van der Waals surface area contributed by atoms with Crippen LogP contribution in [0.5, 0.6) is 5.88 Å². The number of rotatable bonds is 4. The van der Waals surface area contributed by atoms with E-state index in [9.17, 15) is 22.8 Å². The van der Waals surface area contributed by atoms with Gasteiger partial charge in [-0.1, -0.05) is 0 Å². The summed E-state index contributed by atoms with van der Waals surface area (Å²) >= 11 is 0. The normalized spacial score (nSPS) is 23.3. The van der Waals surface area contributed by atoms with Gasteiger partial charge in [-0.25, -0.2) is 4.98 Å². The standard InChI is InChI=1S/C22H21F3N4O3/c23-22(24,25)15-5-3-14(4-6-15)21(31)28-10-16-7-17(11-29(16)20(30)12-28)32-19-9-26-18(8-27-19)13-1-2-13/h3-6,8-9,13,16-17H,1-2,7,10-12H2/t16-,17+/m0/s1. The summed E-state index contributed by atoms with van der Waals surface area (Å²) in [5.74, 6) is 0.243. The summed E-state index contributed by atoms with van der Waals surface area (Å²) in [7, 11) is 0. The summed E-state index contributed by atoms with van der Waals surface area (Å²) < 4.78 is 44.2. The Morgan fingerprint density at radius 3 is 2.44 bits per heavy atom. The largest absolute Gasteiger partial charge is 0.471 e. The number of piperazine rings is 1. The van der Waals surface area contributed by atoms with Gasteiger partial charge >= 0.3 is 6.18 Å².